The van der Waals surface area contributed by atoms with Crippen LogP contribution in [0.3, 0.4) is 0 Å². The van der Waals surface area contributed by atoms with Crippen molar-refractivity contribution in [2.75, 3.05) is 13.4 Å². The van der Waals surface area contributed by atoms with Gasteiger partial charge in [-0.2, -0.15) is 0 Å². The Morgan fingerprint density at radius 3 is 2.71 bits per heavy atom. The average molecular weight is 425 g/mol. The molecule has 1 saturated heterocycles. The van der Waals surface area contributed by atoms with Gasteiger partial charge in [-0.1, -0.05) is 36.4 Å². The van der Waals surface area contributed by atoms with Crippen molar-refractivity contribution >= 4 is 17.8 Å². The molecule has 0 aliphatic carbocycles. The topological polar surface area (TPSA) is 117 Å². The van der Waals surface area contributed by atoms with E-state index in [9.17, 15) is 19.5 Å². The zero-order valence-corrected chi connectivity index (χ0v) is 16.7. The van der Waals surface area contributed by atoms with Crippen LogP contribution in [0.15, 0.2) is 48.5 Å². The van der Waals surface area contributed by atoms with Crippen LogP contribution in [0.1, 0.15) is 30.0 Å². The number of urea groups is 1. The first-order valence-corrected chi connectivity index (χ1v) is 10.0. The van der Waals surface area contributed by atoms with Crippen molar-refractivity contribution in [3.63, 3.8) is 0 Å². The maximum absolute atomic E-state index is 12.7. The number of fused-ring (bicyclic) bond motifs is 1. The molecule has 2 aliphatic rings. The first-order chi connectivity index (χ1) is 15.0. The first-order valence-electron chi connectivity index (χ1n) is 10.0. The molecular weight excluding hydrogens is 402 g/mol. The van der Waals surface area contributed by atoms with E-state index < -0.39 is 18.1 Å². The van der Waals surface area contributed by atoms with Crippen molar-refractivity contribution in [2.24, 2.45) is 0 Å². The van der Waals surface area contributed by atoms with E-state index in [4.69, 9.17) is 9.47 Å². The third-order valence-electron chi connectivity index (χ3n) is 5.26. The molecule has 3 N–H and O–H groups in total. The van der Waals surface area contributed by atoms with Gasteiger partial charge < -0.3 is 25.2 Å². The van der Waals surface area contributed by atoms with Crippen molar-refractivity contribution in [1.29, 1.82) is 0 Å². The van der Waals surface area contributed by atoms with Crippen molar-refractivity contribution in [3.8, 4) is 11.5 Å². The van der Waals surface area contributed by atoms with E-state index in [0.717, 1.165) is 16.0 Å². The van der Waals surface area contributed by atoms with Gasteiger partial charge in [-0.15, -0.1) is 0 Å². The summed E-state index contributed by atoms with van der Waals surface area (Å²) in [5.74, 6) is 0.521. The number of benzene rings is 2. The number of imide groups is 1. The molecule has 0 bridgehead atoms. The number of aliphatic hydroxyl groups excluding tert-OH is 1. The SMILES string of the molecule is O=C(CCC1NC(=O)N(Cc2ccc3c(c2)OCO3)C1=O)N[C@H](CO)c1ccccc1. The largest absolute Gasteiger partial charge is 0.454 e. The lowest BCUT2D eigenvalue weighted by Gasteiger charge is -2.17. The summed E-state index contributed by atoms with van der Waals surface area (Å²) in [4.78, 5) is 38.4. The molecule has 9 nitrogen and oxygen atoms in total. The monoisotopic (exact) mass is 425 g/mol. The van der Waals surface area contributed by atoms with Gasteiger partial charge in [-0.25, -0.2) is 4.79 Å². The highest BCUT2D eigenvalue weighted by atomic mass is 16.7. The summed E-state index contributed by atoms with van der Waals surface area (Å²) in [6, 6.07) is 12.6. The molecule has 2 aromatic carbocycles. The summed E-state index contributed by atoms with van der Waals surface area (Å²) >= 11 is 0. The third kappa shape index (κ3) is 4.61. The van der Waals surface area contributed by atoms with Crippen LogP contribution in [0, 0.1) is 0 Å². The quantitative estimate of drug-likeness (QED) is 0.552. The number of carbonyl (C=O) groups is 3. The van der Waals surface area contributed by atoms with Gasteiger partial charge >= 0.3 is 6.03 Å². The maximum Gasteiger partial charge on any atom is 0.325 e. The number of ether oxygens (including phenoxy) is 2. The molecule has 0 spiro atoms. The molecule has 0 saturated carbocycles. The van der Waals surface area contributed by atoms with Crippen molar-refractivity contribution < 1.29 is 29.0 Å². The average Bonchev–Trinajstić information content (AvgIpc) is 3.36. The number of nitrogens with zero attached hydrogens (tertiary/aromatic N) is 1. The van der Waals surface area contributed by atoms with Gasteiger partial charge in [0, 0.05) is 6.42 Å². The van der Waals surface area contributed by atoms with Crippen LogP contribution in [-0.2, 0) is 16.1 Å². The van der Waals surface area contributed by atoms with Crippen LogP contribution in [-0.4, -0.2) is 47.3 Å². The lowest BCUT2D eigenvalue weighted by molar-refractivity contribution is -0.128. The van der Waals surface area contributed by atoms with Gasteiger partial charge in [0.1, 0.15) is 6.04 Å². The predicted molar refractivity (Wildman–Crippen MR) is 109 cm³/mol. The Hall–Kier alpha value is -3.59. The fourth-order valence-corrected chi connectivity index (χ4v) is 3.61. The molecule has 2 atom stereocenters. The standard InChI is InChI=1S/C22H23N3O6/c26-12-17(15-4-2-1-3-5-15)23-20(27)9-7-16-21(28)25(22(29)24-16)11-14-6-8-18-19(10-14)31-13-30-18/h1-6,8,10,16-17,26H,7,9,11-13H2,(H,23,27)(H,24,29)/t16?,17-/m1/s1. The zero-order chi connectivity index (χ0) is 21.8. The predicted octanol–water partition coefficient (Wildman–Crippen LogP) is 1.47. The highest BCUT2D eigenvalue weighted by Crippen LogP contribution is 2.33. The third-order valence-corrected chi connectivity index (χ3v) is 5.26. The summed E-state index contributed by atoms with van der Waals surface area (Å²) in [5.41, 5.74) is 1.53. The summed E-state index contributed by atoms with van der Waals surface area (Å²) in [6.07, 6.45) is 0.207. The van der Waals surface area contributed by atoms with Crippen LogP contribution in [0.5, 0.6) is 11.5 Å². The molecule has 1 fully saturated rings. The highest BCUT2D eigenvalue weighted by Gasteiger charge is 2.38. The van der Waals surface area contributed by atoms with Gasteiger partial charge in [-0.3, -0.25) is 14.5 Å². The van der Waals surface area contributed by atoms with E-state index in [1.54, 1.807) is 18.2 Å². The van der Waals surface area contributed by atoms with Gasteiger partial charge in [0.15, 0.2) is 11.5 Å². The molecule has 0 radical (unpaired) electrons. The number of nitrogens with one attached hydrogen (secondary N) is 2. The fraction of sp³-hybridized carbons (Fsp3) is 0.318. The van der Waals surface area contributed by atoms with Crippen molar-refractivity contribution in [1.82, 2.24) is 15.5 Å². The van der Waals surface area contributed by atoms with Crippen LogP contribution >= 0.6 is 0 Å². The Morgan fingerprint density at radius 1 is 1.16 bits per heavy atom. The molecule has 2 aliphatic heterocycles. The number of hydrogen-bond donors (Lipinski definition) is 3. The minimum atomic E-state index is -0.767. The first kappa shape index (κ1) is 20.7. The molecule has 162 valence electrons. The molecule has 2 heterocycles. The normalized spacial score (nSPS) is 18.1. The van der Waals surface area contributed by atoms with Crippen molar-refractivity contribution in [2.45, 2.75) is 31.5 Å². The number of amides is 4. The molecule has 9 heteroatoms. The summed E-state index contributed by atoms with van der Waals surface area (Å²) in [6.45, 7) is 0.0101. The number of hydrogen-bond acceptors (Lipinski definition) is 6. The summed E-state index contributed by atoms with van der Waals surface area (Å²) in [7, 11) is 0. The zero-order valence-electron chi connectivity index (χ0n) is 16.7. The van der Waals surface area contributed by atoms with E-state index in [1.165, 1.54) is 0 Å². The number of aliphatic hydroxyl groups is 1. The van der Waals surface area contributed by atoms with Crippen molar-refractivity contribution in [3.05, 3.63) is 59.7 Å². The highest BCUT2D eigenvalue weighted by molar-refractivity contribution is 6.04. The van der Waals surface area contributed by atoms with Gasteiger partial charge in [-0.05, 0) is 29.7 Å². The smallest absolute Gasteiger partial charge is 0.325 e. The maximum atomic E-state index is 12.7. The lowest BCUT2D eigenvalue weighted by Crippen LogP contribution is -2.34. The van der Waals surface area contributed by atoms with E-state index in [1.807, 2.05) is 30.3 Å². The minimum Gasteiger partial charge on any atom is -0.454 e. The fourth-order valence-electron chi connectivity index (χ4n) is 3.61. The molecule has 1 unspecified atom stereocenters. The second-order valence-electron chi connectivity index (χ2n) is 7.37. The van der Waals surface area contributed by atoms with Crippen LogP contribution < -0.4 is 20.1 Å². The Morgan fingerprint density at radius 2 is 1.94 bits per heavy atom. The molecule has 2 aromatic rings. The Balaban J connectivity index is 1.31. The van der Waals surface area contributed by atoms with Crippen LogP contribution in [0.4, 0.5) is 4.79 Å². The van der Waals surface area contributed by atoms with Gasteiger partial charge in [0.05, 0.1) is 19.2 Å². The number of carbonyl (C=O) groups excluding carboxylic acids is 3. The Kier molecular flexibility index (Phi) is 6.03. The Labute approximate surface area is 178 Å². The van der Waals surface area contributed by atoms with E-state index in [-0.39, 0.29) is 44.6 Å². The van der Waals surface area contributed by atoms with E-state index in [2.05, 4.69) is 10.6 Å². The lowest BCUT2D eigenvalue weighted by atomic mass is 10.1. The molecule has 4 amide bonds. The number of rotatable bonds is 8. The molecule has 31 heavy (non-hydrogen) atoms. The van der Waals surface area contributed by atoms with Crippen LogP contribution in [0.25, 0.3) is 0 Å². The molecule has 0 aromatic heterocycles. The van der Waals surface area contributed by atoms with Gasteiger partial charge in [0.2, 0.25) is 12.7 Å². The minimum absolute atomic E-state index is 0.0396. The Bertz CT molecular complexity index is 980. The van der Waals surface area contributed by atoms with E-state index >= 15 is 0 Å². The van der Waals surface area contributed by atoms with E-state index in [0.29, 0.717) is 11.5 Å². The second-order valence-corrected chi connectivity index (χ2v) is 7.37. The second kappa shape index (κ2) is 9.05. The van der Waals surface area contributed by atoms with Gasteiger partial charge in [0.25, 0.3) is 5.91 Å². The molecular formula is C22H23N3O6. The molecule has 4 rings (SSSR count). The summed E-state index contributed by atoms with van der Waals surface area (Å²) < 4.78 is 10.6. The van der Waals surface area contributed by atoms with Crippen LogP contribution in [0.2, 0.25) is 0 Å². The summed E-state index contributed by atoms with van der Waals surface area (Å²) in [5, 5.41) is 15.0.